The zero-order valence-corrected chi connectivity index (χ0v) is 11.0. The first-order valence-corrected chi connectivity index (χ1v) is 6.77. The molecule has 0 radical (unpaired) electrons. The summed E-state index contributed by atoms with van der Waals surface area (Å²) in [4.78, 5) is 14.0. The van der Waals surface area contributed by atoms with Crippen LogP contribution >= 0.6 is 15.9 Å². The average molecular weight is 299 g/mol. The lowest BCUT2D eigenvalue weighted by atomic mass is 9.94. The first kappa shape index (κ1) is 11.3. The molecule has 2 atom stereocenters. The molecule has 0 bridgehead atoms. The Hall–Kier alpha value is -0.810. The molecule has 0 spiro atoms. The molecule has 1 aliphatic carbocycles. The molecule has 1 amide bonds. The van der Waals surface area contributed by atoms with E-state index in [1.807, 2.05) is 11.0 Å². The molecule has 1 saturated carbocycles. The second kappa shape index (κ2) is 4.14. The summed E-state index contributed by atoms with van der Waals surface area (Å²) >= 11 is 3.46. The number of rotatable bonds is 2. The van der Waals surface area contributed by atoms with E-state index in [2.05, 4.69) is 15.9 Å². The second-order valence-corrected chi connectivity index (χ2v) is 5.67. The molecule has 1 aromatic heterocycles. The molecule has 92 valence electrons. The third-order valence-corrected chi connectivity index (χ3v) is 4.19. The number of carbonyl (C=O) groups excluding carboxylic acids is 1. The van der Waals surface area contributed by atoms with Crippen LogP contribution in [0.15, 0.2) is 21.2 Å². The highest BCUT2D eigenvalue weighted by Gasteiger charge is 2.44. The molecule has 3 rings (SSSR count). The summed E-state index contributed by atoms with van der Waals surface area (Å²) in [5.74, 6) is 1.000. The standard InChI is InChI=1S/C12H15BrN2O2/c13-8-5-6-17-12(8)11-9(14)3-4-10(16)15(11)7-1-2-7/h5-7,9,11H,1-4,14H2. The predicted molar refractivity (Wildman–Crippen MR) is 66.2 cm³/mol. The van der Waals surface area contributed by atoms with E-state index < -0.39 is 0 Å². The fourth-order valence-electron chi connectivity index (χ4n) is 2.56. The van der Waals surface area contributed by atoms with Gasteiger partial charge in [0.2, 0.25) is 5.91 Å². The Morgan fingerprint density at radius 1 is 1.41 bits per heavy atom. The summed E-state index contributed by atoms with van der Waals surface area (Å²) in [5, 5.41) is 0. The lowest BCUT2D eigenvalue weighted by molar-refractivity contribution is -0.138. The van der Waals surface area contributed by atoms with Gasteiger partial charge in [-0.05, 0) is 41.3 Å². The molecule has 2 unspecified atom stereocenters. The first-order chi connectivity index (χ1) is 8.18. The number of piperidine rings is 1. The van der Waals surface area contributed by atoms with Gasteiger partial charge in [-0.2, -0.15) is 0 Å². The van der Waals surface area contributed by atoms with E-state index in [1.165, 1.54) is 0 Å². The number of furan rings is 1. The number of hydrogen-bond donors (Lipinski definition) is 1. The van der Waals surface area contributed by atoms with Gasteiger partial charge >= 0.3 is 0 Å². The maximum Gasteiger partial charge on any atom is 0.223 e. The van der Waals surface area contributed by atoms with Gasteiger partial charge in [0.1, 0.15) is 11.8 Å². The van der Waals surface area contributed by atoms with E-state index >= 15 is 0 Å². The van der Waals surface area contributed by atoms with Crippen LogP contribution in [-0.2, 0) is 4.79 Å². The van der Waals surface area contributed by atoms with Crippen LogP contribution in [0.4, 0.5) is 0 Å². The van der Waals surface area contributed by atoms with Gasteiger partial charge in [-0.3, -0.25) is 4.79 Å². The summed E-state index contributed by atoms with van der Waals surface area (Å²) < 4.78 is 6.41. The van der Waals surface area contributed by atoms with Gasteiger partial charge in [0.15, 0.2) is 0 Å². The smallest absolute Gasteiger partial charge is 0.223 e. The molecule has 5 heteroatoms. The number of likely N-dealkylation sites (tertiary alicyclic amines) is 1. The zero-order chi connectivity index (χ0) is 12.0. The predicted octanol–water partition coefficient (Wildman–Crippen LogP) is 2.20. The highest BCUT2D eigenvalue weighted by molar-refractivity contribution is 9.10. The Morgan fingerprint density at radius 3 is 2.76 bits per heavy atom. The summed E-state index contributed by atoms with van der Waals surface area (Å²) in [6, 6.07) is 2.09. The molecular weight excluding hydrogens is 284 g/mol. The molecule has 2 N–H and O–H groups in total. The van der Waals surface area contributed by atoms with Crippen LogP contribution in [0.3, 0.4) is 0 Å². The normalized spacial score (nSPS) is 29.8. The summed E-state index contributed by atoms with van der Waals surface area (Å²) in [6.45, 7) is 0. The Bertz CT molecular complexity index is 441. The van der Waals surface area contributed by atoms with Crippen LogP contribution in [0.2, 0.25) is 0 Å². The monoisotopic (exact) mass is 298 g/mol. The number of nitrogens with two attached hydrogens (primary N) is 1. The van der Waals surface area contributed by atoms with Crippen LogP contribution in [0.25, 0.3) is 0 Å². The van der Waals surface area contributed by atoms with Gasteiger partial charge in [0, 0.05) is 18.5 Å². The minimum atomic E-state index is -0.104. The molecular formula is C12H15BrN2O2. The molecule has 2 heterocycles. The van der Waals surface area contributed by atoms with Crippen molar-refractivity contribution >= 4 is 21.8 Å². The molecule has 1 aromatic rings. The van der Waals surface area contributed by atoms with Crippen LogP contribution < -0.4 is 5.73 Å². The van der Waals surface area contributed by atoms with Crippen molar-refractivity contribution in [2.75, 3.05) is 0 Å². The summed E-state index contributed by atoms with van der Waals surface area (Å²) in [6.07, 6.45) is 5.11. The van der Waals surface area contributed by atoms with E-state index in [0.29, 0.717) is 12.5 Å². The molecule has 1 aliphatic heterocycles. The van der Waals surface area contributed by atoms with Crippen molar-refractivity contribution < 1.29 is 9.21 Å². The van der Waals surface area contributed by atoms with Crippen molar-refractivity contribution in [1.82, 2.24) is 4.90 Å². The van der Waals surface area contributed by atoms with Crippen molar-refractivity contribution in [3.05, 3.63) is 22.6 Å². The van der Waals surface area contributed by atoms with Crippen molar-refractivity contribution in [2.45, 2.75) is 43.8 Å². The number of nitrogens with zero attached hydrogens (tertiary/aromatic N) is 1. The van der Waals surface area contributed by atoms with E-state index in [-0.39, 0.29) is 18.0 Å². The Balaban J connectivity index is 1.97. The SMILES string of the molecule is NC1CCC(=O)N(C2CC2)C1c1occc1Br. The Morgan fingerprint density at radius 2 is 2.18 bits per heavy atom. The molecule has 17 heavy (non-hydrogen) atoms. The maximum absolute atomic E-state index is 12.1. The average Bonchev–Trinajstić information content (AvgIpc) is 3.05. The van der Waals surface area contributed by atoms with E-state index in [1.54, 1.807) is 6.26 Å². The molecule has 0 aromatic carbocycles. The van der Waals surface area contributed by atoms with Gasteiger partial charge in [-0.1, -0.05) is 0 Å². The van der Waals surface area contributed by atoms with Gasteiger partial charge in [-0.25, -0.2) is 0 Å². The van der Waals surface area contributed by atoms with Crippen LogP contribution in [0, 0.1) is 0 Å². The quantitative estimate of drug-likeness (QED) is 0.910. The van der Waals surface area contributed by atoms with Gasteiger partial charge in [-0.15, -0.1) is 0 Å². The summed E-state index contributed by atoms with van der Waals surface area (Å²) in [5.41, 5.74) is 6.18. The first-order valence-electron chi connectivity index (χ1n) is 5.98. The number of amides is 1. The van der Waals surface area contributed by atoms with Crippen LogP contribution in [0.5, 0.6) is 0 Å². The number of carbonyl (C=O) groups is 1. The van der Waals surface area contributed by atoms with Gasteiger partial charge in [0.25, 0.3) is 0 Å². The minimum Gasteiger partial charge on any atom is -0.466 e. The second-order valence-electron chi connectivity index (χ2n) is 4.81. The third-order valence-electron chi connectivity index (χ3n) is 3.54. The van der Waals surface area contributed by atoms with E-state index in [4.69, 9.17) is 10.2 Å². The third kappa shape index (κ3) is 1.91. The Labute approximate surface area is 108 Å². The zero-order valence-electron chi connectivity index (χ0n) is 9.43. The lowest BCUT2D eigenvalue weighted by Crippen LogP contribution is -2.49. The molecule has 2 aliphatic rings. The molecule has 2 fully saturated rings. The number of halogens is 1. The fraction of sp³-hybridized carbons (Fsp3) is 0.583. The van der Waals surface area contributed by atoms with Gasteiger partial charge in [0.05, 0.1) is 10.7 Å². The van der Waals surface area contributed by atoms with Crippen LogP contribution in [0.1, 0.15) is 37.5 Å². The molecule has 4 nitrogen and oxygen atoms in total. The van der Waals surface area contributed by atoms with Crippen molar-refractivity contribution in [3.63, 3.8) is 0 Å². The van der Waals surface area contributed by atoms with E-state index in [9.17, 15) is 4.79 Å². The van der Waals surface area contributed by atoms with Gasteiger partial charge < -0.3 is 15.1 Å². The highest BCUT2D eigenvalue weighted by atomic mass is 79.9. The van der Waals surface area contributed by atoms with E-state index in [0.717, 1.165) is 29.5 Å². The van der Waals surface area contributed by atoms with Crippen molar-refractivity contribution in [3.8, 4) is 0 Å². The highest BCUT2D eigenvalue weighted by Crippen LogP contribution is 2.42. The minimum absolute atomic E-state index is 0.0317. The number of hydrogen-bond acceptors (Lipinski definition) is 3. The van der Waals surface area contributed by atoms with Crippen molar-refractivity contribution in [2.24, 2.45) is 5.73 Å². The fourth-order valence-corrected chi connectivity index (χ4v) is 3.00. The maximum atomic E-state index is 12.1. The summed E-state index contributed by atoms with van der Waals surface area (Å²) in [7, 11) is 0. The van der Waals surface area contributed by atoms with Crippen molar-refractivity contribution in [1.29, 1.82) is 0 Å². The largest absolute Gasteiger partial charge is 0.466 e. The molecule has 1 saturated heterocycles. The lowest BCUT2D eigenvalue weighted by Gasteiger charge is -2.38. The van der Waals surface area contributed by atoms with Crippen LogP contribution in [-0.4, -0.2) is 22.9 Å². The Kier molecular flexibility index (Phi) is 2.75. The topological polar surface area (TPSA) is 59.5 Å².